The number of rotatable bonds is 3. The largest absolute Gasteiger partial charge is 0.341 e. The van der Waals surface area contributed by atoms with E-state index >= 15 is 0 Å². The van der Waals surface area contributed by atoms with Crippen molar-refractivity contribution in [2.75, 3.05) is 12.8 Å². The maximum absolute atomic E-state index is 12.7. The molecule has 0 bridgehead atoms. The summed E-state index contributed by atoms with van der Waals surface area (Å²) in [6, 6.07) is 16.3. The number of fused-ring (bicyclic) bond motifs is 1. The van der Waals surface area contributed by atoms with Crippen molar-refractivity contribution in [2.24, 2.45) is 0 Å². The molecule has 0 N–H and O–H groups in total. The van der Waals surface area contributed by atoms with Gasteiger partial charge in [-0.1, -0.05) is 46.3 Å². The lowest BCUT2D eigenvalue weighted by Gasteiger charge is -2.21. The third-order valence-corrected chi connectivity index (χ3v) is 5.36. The van der Waals surface area contributed by atoms with Crippen molar-refractivity contribution in [1.29, 1.82) is 0 Å². The van der Waals surface area contributed by atoms with Crippen LogP contribution in [-0.2, 0) is 11.3 Å². The van der Waals surface area contributed by atoms with Crippen LogP contribution in [-0.4, -0.2) is 23.6 Å². The third-order valence-electron chi connectivity index (χ3n) is 3.68. The van der Waals surface area contributed by atoms with Crippen LogP contribution >= 0.6 is 27.7 Å². The first kappa shape index (κ1) is 14.7. The zero-order valence-corrected chi connectivity index (χ0v) is 14.2. The van der Waals surface area contributed by atoms with Gasteiger partial charge in [-0.25, -0.2) is 0 Å². The number of hydrogen-bond donors (Lipinski definition) is 0. The highest BCUT2D eigenvalue weighted by Gasteiger charge is 2.30. The molecular weight excluding hydrogens is 346 g/mol. The minimum absolute atomic E-state index is 0.0108. The van der Waals surface area contributed by atoms with Crippen LogP contribution in [0.2, 0.25) is 0 Å². The molecule has 0 spiro atoms. The summed E-state index contributed by atoms with van der Waals surface area (Å²) in [5.74, 6) is 1.04. The average Bonchev–Trinajstić information content (AvgIpc) is 2.90. The van der Waals surface area contributed by atoms with Gasteiger partial charge in [-0.3, -0.25) is 4.79 Å². The van der Waals surface area contributed by atoms with Gasteiger partial charge in [0.15, 0.2) is 0 Å². The van der Waals surface area contributed by atoms with Crippen LogP contribution in [0.4, 0.5) is 0 Å². The van der Waals surface area contributed by atoms with Crippen molar-refractivity contribution in [3.05, 3.63) is 64.1 Å². The summed E-state index contributed by atoms with van der Waals surface area (Å²) in [5.41, 5.74) is 2.31. The monoisotopic (exact) mass is 361 g/mol. The number of hydrogen-bond acceptors (Lipinski definition) is 2. The molecule has 0 saturated carbocycles. The first-order valence-electron chi connectivity index (χ1n) is 6.86. The lowest BCUT2D eigenvalue weighted by atomic mass is 10.00. The Kier molecular flexibility index (Phi) is 4.36. The number of halogens is 1. The second kappa shape index (κ2) is 6.24. The van der Waals surface area contributed by atoms with Crippen LogP contribution in [0.25, 0.3) is 0 Å². The summed E-state index contributed by atoms with van der Waals surface area (Å²) >= 11 is 5.25. The van der Waals surface area contributed by atoms with E-state index in [-0.39, 0.29) is 11.8 Å². The lowest BCUT2D eigenvalue weighted by molar-refractivity contribution is -0.131. The van der Waals surface area contributed by atoms with E-state index in [0.29, 0.717) is 6.54 Å². The maximum Gasteiger partial charge on any atom is 0.231 e. The highest BCUT2D eigenvalue weighted by molar-refractivity contribution is 9.10. The highest BCUT2D eigenvalue weighted by atomic mass is 79.9. The molecule has 1 unspecified atom stereocenters. The van der Waals surface area contributed by atoms with E-state index < -0.39 is 0 Å². The fourth-order valence-electron chi connectivity index (χ4n) is 2.62. The Morgan fingerprint density at radius 1 is 1.29 bits per heavy atom. The molecule has 0 aromatic heterocycles. The van der Waals surface area contributed by atoms with Crippen LogP contribution in [0, 0.1) is 0 Å². The van der Waals surface area contributed by atoms with Gasteiger partial charge < -0.3 is 4.90 Å². The van der Waals surface area contributed by atoms with E-state index in [1.54, 1.807) is 11.8 Å². The van der Waals surface area contributed by atoms with E-state index in [1.807, 2.05) is 42.3 Å². The first-order valence-corrected chi connectivity index (χ1v) is 8.64. The predicted octanol–water partition coefficient (Wildman–Crippen LogP) is 4.30. The SMILES string of the molecule is CN(Cc1cccc(Br)c1)C(=O)C1CSc2ccccc21. The van der Waals surface area contributed by atoms with Crippen molar-refractivity contribution in [1.82, 2.24) is 4.90 Å². The fourth-order valence-corrected chi connectivity index (χ4v) is 4.29. The van der Waals surface area contributed by atoms with E-state index in [0.717, 1.165) is 15.8 Å². The van der Waals surface area contributed by atoms with E-state index in [9.17, 15) is 4.79 Å². The molecule has 0 fully saturated rings. The predicted molar refractivity (Wildman–Crippen MR) is 90.5 cm³/mol. The average molecular weight is 362 g/mol. The number of likely N-dealkylation sites (N-methyl/N-ethyl adjacent to an activating group) is 1. The van der Waals surface area contributed by atoms with Gasteiger partial charge in [-0.15, -0.1) is 11.8 Å². The molecule has 21 heavy (non-hydrogen) atoms. The van der Waals surface area contributed by atoms with Crippen LogP contribution in [0.5, 0.6) is 0 Å². The minimum Gasteiger partial charge on any atom is -0.341 e. The molecule has 1 aliphatic rings. The number of amides is 1. The Balaban J connectivity index is 1.74. The Morgan fingerprint density at radius 3 is 2.90 bits per heavy atom. The molecule has 108 valence electrons. The van der Waals surface area contributed by atoms with Gasteiger partial charge in [0.05, 0.1) is 5.92 Å². The second-order valence-electron chi connectivity index (χ2n) is 5.23. The molecule has 0 radical (unpaired) electrons. The number of benzene rings is 2. The van der Waals surface area contributed by atoms with E-state index in [1.165, 1.54) is 10.5 Å². The van der Waals surface area contributed by atoms with E-state index in [2.05, 4.69) is 34.1 Å². The van der Waals surface area contributed by atoms with Gasteiger partial charge in [0.25, 0.3) is 0 Å². The molecule has 4 heteroatoms. The Morgan fingerprint density at radius 2 is 2.10 bits per heavy atom. The molecule has 1 atom stereocenters. The van der Waals surface area contributed by atoms with Gasteiger partial charge in [0, 0.05) is 28.7 Å². The van der Waals surface area contributed by atoms with E-state index in [4.69, 9.17) is 0 Å². The zero-order chi connectivity index (χ0) is 14.8. The van der Waals surface area contributed by atoms with Gasteiger partial charge in [0.1, 0.15) is 0 Å². The third kappa shape index (κ3) is 3.16. The number of carbonyl (C=O) groups excluding carboxylic acids is 1. The topological polar surface area (TPSA) is 20.3 Å². The molecule has 1 heterocycles. The van der Waals surface area contributed by atoms with Crippen LogP contribution in [0.1, 0.15) is 17.0 Å². The van der Waals surface area contributed by atoms with Crippen molar-refractivity contribution in [3.63, 3.8) is 0 Å². The molecule has 1 amide bonds. The second-order valence-corrected chi connectivity index (χ2v) is 7.20. The smallest absolute Gasteiger partial charge is 0.231 e. The summed E-state index contributed by atoms with van der Waals surface area (Å²) in [4.78, 5) is 15.8. The van der Waals surface area contributed by atoms with Crippen molar-refractivity contribution in [2.45, 2.75) is 17.4 Å². The van der Waals surface area contributed by atoms with Gasteiger partial charge in [-0.05, 0) is 29.3 Å². The molecule has 1 aliphatic heterocycles. The lowest BCUT2D eigenvalue weighted by Crippen LogP contribution is -2.31. The summed E-state index contributed by atoms with van der Waals surface area (Å²) in [6.07, 6.45) is 0. The van der Waals surface area contributed by atoms with Crippen molar-refractivity contribution < 1.29 is 4.79 Å². The van der Waals surface area contributed by atoms with Gasteiger partial charge in [-0.2, -0.15) is 0 Å². The standard InChI is InChI=1S/C17H16BrNOS/c1-19(10-12-5-4-6-13(18)9-12)17(20)15-11-21-16-8-3-2-7-14(15)16/h2-9,15H,10-11H2,1H3. The Hall–Kier alpha value is -1.26. The fraction of sp³-hybridized carbons (Fsp3) is 0.235. The Labute approximate surface area is 137 Å². The molecule has 0 saturated heterocycles. The Bertz CT molecular complexity index is 673. The summed E-state index contributed by atoms with van der Waals surface area (Å²) in [7, 11) is 1.88. The highest BCUT2D eigenvalue weighted by Crippen LogP contribution is 2.40. The van der Waals surface area contributed by atoms with Gasteiger partial charge >= 0.3 is 0 Å². The van der Waals surface area contributed by atoms with Crippen LogP contribution < -0.4 is 0 Å². The maximum atomic E-state index is 12.7. The molecule has 2 nitrogen and oxygen atoms in total. The minimum atomic E-state index is -0.0108. The van der Waals surface area contributed by atoms with Crippen molar-refractivity contribution >= 4 is 33.6 Å². The summed E-state index contributed by atoms with van der Waals surface area (Å²) in [6.45, 7) is 0.640. The molecule has 2 aromatic rings. The van der Waals surface area contributed by atoms with Crippen LogP contribution in [0.15, 0.2) is 57.9 Å². The molecule has 2 aromatic carbocycles. The number of nitrogens with zero attached hydrogens (tertiary/aromatic N) is 1. The van der Waals surface area contributed by atoms with Gasteiger partial charge in [0.2, 0.25) is 5.91 Å². The number of carbonyl (C=O) groups is 1. The van der Waals surface area contributed by atoms with Crippen molar-refractivity contribution in [3.8, 4) is 0 Å². The number of thioether (sulfide) groups is 1. The molecule has 3 rings (SSSR count). The first-order chi connectivity index (χ1) is 10.1. The molecular formula is C17H16BrNOS. The summed E-state index contributed by atoms with van der Waals surface area (Å²) in [5, 5.41) is 0. The quantitative estimate of drug-likeness (QED) is 0.812. The zero-order valence-electron chi connectivity index (χ0n) is 11.8. The van der Waals surface area contributed by atoms with Crippen LogP contribution in [0.3, 0.4) is 0 Å². The molecule has 0 aliphatic carbocycles. The summed E-state index contributed by atoms with van der Waals surface area (Å²) < 4.78 is 1.04. The normalized spacial score (nSPS) is 16.6.